The molecule has 0 radical (unpaired) electrons. The van der Waals surface area contributed by atoms with E-state index in [1.807, 2.05) is 12.1 Å². The quantitative estimate of drug-likeness (QED) is 0.932. The Balaban J connectivity index is 1.84. The smallest absolute Gasteiger partial charge is 0.164 e. The fourth-order valence-corrected chi connectivity index (χ4v) is 2.98. The Morgan fingerprint density at radius 3 is 2.82 bits per heavy atom. The molecule has 0 amide bonds. The molecule has 3 rings (SSSR count). The Hall–Kier alpha value is -2.50. The SMILES string of the molecule is COc1cccc(C2CCN(c3cncc(N)n3)C2)c1OC. The minimum absolute atomic E-state index is 0.369. The summed E-state index contributed by atoms with van der Waals surface area (Å²) in [6.07, 6.45) is 4.34. The maximum Gasteiger partial charge on any atom is 0.164 e. The molecule has 0 saturated carbocycles. The van der Waals surface area contributed by atoms with E-state index < -0.39 is 0 Å². The first-order chi connectivity index (χ1) is 10.7. The molecular formula is C16H20N4O2. The van der Waals surface area contributed by atoms with E-state index in [0.29, 0.717) is 11.7 Å². The number of methoxy groups -OCH3 is 2. The Labute approximate surface area is 129 Å². The third-order valence-electron chi connectivity index (χ3n) is 4.03. The third-order valence-corrected chi connectivity index (χ3v) is 4.03. The molecule has 1 aromatic carbocycles. The first-order valence-electron chi connectivity index (χ1n) is 7.26. The Morgan fingerprint density at radius 2 is 2.09 bits per heavy atom. The zero-order chi connectivity index (χ0) is 15.5. The summed E-state index contributed by atoms with van der Waals surface area (Å²) in [5.74, 6) is 3.22. The summed E-state index contributed by atoms with van der Waals surface area (Å²) < 4.78 is 10.9. The lowest BCUT2D eigenvalue weighted by Gasteiger charge is -2.19. The molecule has 1 aromatic heterocycles. The molecule has 1 aliphatic rings. The van der Waals surface area contributed by atoms with Crippen LogP contribution in [0.4, 0.5) is 11.6 Å². The second-order valence-corrected chi connectivity index (χ2v) is 5.32. The number of rotatable bonds is 4. The van der Waals surface area contributed by atoms with Gasteiger partial charge < -0.3 is 20.1 Å². The number of hydrogen-bond donors (Lipinski definition) is 1. The zero-order valence-electron chi connectivity index (χ0n) is 12.8. The Morgan fingerprint density at radius 1 is 1.23 bits per heavy atom. The van der Waals surface area contributed by atoms with Crippen molar-refractivity contribution in [1.82, 2.24) is 9.97 Å². The molecule has 6 heteroatoms. The number of nitrogens with zero attached hydrogens (tertiary/aromatic N) is 3. The van der Waals surface area contributed by atoms with E-state index in [2.05, 4.69) is 20.9 Å². The number of benzene rings is 1. The van der Waals surface area contributed by atoms with Crippen LogP contribution in [0.15, 0.2) is 30.6 Å². The van der Waals surface area contributed by atoms with Crippen molar-refractivity contribution in [3.8, 4) is 11.5 Å². The van der Waals surface area contributed by atoms with Gasteiger partial charge in [-0.3, -0.25) is 4.98 Å². The molecule has 1 aliphatic heterocycles. The van der Waals surface area contributed by atoms with E-state index in [1.54, 1.807) is 26.6 Å². The van der Waals surface area contributed by atoms with Crippen molar-refractivity contribution < 1.29 is 9.47 Å². The van der Waals surface area contributed by atoms with Gasteiger partial charge in [0.25, 0.3) is 0 Å². The molecule has 6 nitrogen and oxygen atoms in total. The molecule has 2 heterocycles. The van der Waals surface area contributed by atoms with E-state index in [-0.39, 0.29) is 0 Å². The van der Waals surface area contributed by atoms with Crippen molar-refractivity contribution >= 4 is 11.6 Å². The second-order valence-electron chi connectivity index (χ2n) is 5.32. The van der Waals surface area contributed by atoms with Crippen LogP contribution in [-0.4, -0.2) is 37.3 Å². The third kappa shape index (κ3) is 2.64. The highest BCUT2D eigenvalue weighted by Crippen LogP contribution is 2.39. The van der Waals surface area contributed by atoms with Crippen LogP contribution in [-0.2, 0) is 0 Å². The minimum Gasteiger partial charge on any atom is -0.493 e. The number of ether oxygens (including phenoxy) is 2. The van der Waals surface area contributed by atoms with Gasteiger partial charge in [0, 0.05) is 24.6 Å². The Kier molecular flexibility index (Phi) is 4.00. The summed E-state index contributed by atoms with van der Waals surface area (Å²) in [6.45, 7) is 1.78. The first kappa shape index (κ1) is 14.4. The van der Waals surface area contributed by atoms with Gasteiger partial charge in [0.05, 0.1) is 26.6 Å². The molecule has 0 bridgehead atoms. The van der Waals surface area contributed by atoms with Crippen LogP contribution in [0, 0.1) is 0 Å². The van der Waals surface area contributed by atoms with Gasteiger partial charge in [-0.15, -0.1) is 0 Å². The van der Waals surface area contributed by atoms with Gasteiger partial charge >= 0.3 is 0 Å². The largest absolute Gasteiger partial charge is 0.493 e. The predicted octanol–water partition coefficient (Wildman–Crippen LogP) is 2.07. The van der Waals surface area contributed by atoms with E-state index in [4.69, 9.17) is 15.2 Å². The number of nitrogens with two attached hydrogens (primary N) is 1. The molecule has 2 N–H and O–H groups in total. The highest BCUT2D eigenvalue weighted by Gasteiger charge is 2.28. The standard InChI is InChI=1S/C16H20N4O2/c1-21-13-5-3-4-12(16(13)22-2)11-6-7-20(10-11)15-9-18-8-14(17)19-15/h3-5,8-9,11H,6-7,10H2,1-2H3,(H2,17,19). The van der Waals surface area contributed by atoms with Crippen LogP contribution in [0.1, 0.15) is 17.9 Å². The van der Waals surface area contributed by atoms with E-state index in [9.17, 15) is 0 Å². The zero-order valence-corrected chi connectivity index (χ0v) is 12.8. The average Bonchev–Trinajstić information content (AvgIpc) is 3.03. The van der Waals surface area contributed by atoms with E-state index in [1.165, 1.54) is 5.56 Å². The molecule has 1 saturated heterocycles. The van der Waals surface area contributed by atoms with Crippen LogP contribution < -0.4 is 20.1 Å². The van der Waals surface area contributed by atoms with Crippen LogP contribution in [0.3, 0.4) is 0 Å². The summed E-state index contributed by atoms with van der Waals surface area (Å²) in [7, 11) is 3.34. The van der Waals surface area contributed by atoms with Gasteiger partial charge in [-0.05, 0) is 12.5 Å². The fourth-order valence-electron chi connectivity index (χ4n) is 2.98. The van der Waals surface area contributed by atoms with Gasteiger partial charge in [0.15, 0.2) is 11.5 Å². The lowest BCUT2D eigenvalue weighted by Crippen LogP contribution is -2.21. The number of hydrogen-bond acceptors (Lipinski definition) is 6. The van der Waals surface area contributed by atoms with Crippen LogP contribution in [0.5, 0.6) is 11.5 Å². The van der Waals surface area contributed by atoms with Gasteiger partial charge in [0.1, 0.15) is 11.6 Å². The summed E-state index contributed by atoms with van der Waals surface area (Å²) in [5, 5.41) is 0. The first-order valence-corrected chi connectivity index (χ1v) is 7.26. The molecule has 1 atom stereocenters. The van der Waals surface area contributed by atoms with Gasteiger partial charge in [0.2, 0.25) is 0 Å². The van der Waals surface area contributed by atoms with Crippen LogP contribution >= 0.6 is 0 Å². The van der Waals surface area contributed by atoms with Crippen molar-refractivity contribution in [1.29, 1.82) is 0 Å². The molecule has 116 valence electrons. The highest BCUT2D eigenvalue weighted by atomic mass is 16.5. The fraction of sp³-hybridized carbons (Fsp3) is 0.375. The highest BCUT2D eigenvalue weighted by molar-refractivity contribution is 5.51. The van der Waals surface area contributed by atoms with Gasteiger partial charge in [-0.25, -0.2) is 4.98 Å². The van der Waals surface area contributed by atoms with Crippen LogP contribution in [0.2, 0.25) is 0 Å². The summed E-state index contributed by atoms with van der Waals surface area (Å²) in [5.41, 5.74) is 6.89. The maximum absolute atomic E-state index is 5.72. The van der Waals surface area contributed by atoms with Crippen molar-refractivity contribution in [2.75, 3.05) is 37.9 Å². The number of aromatic nitrogens is 2. The van der Waals surface area contributed by atoms with E-state index >= 15 is 0 Å². The molecule has 1 fully saturated rings. The molecule has 22 heavy (non-hydrogen) atoms. The average molecular weight is 300 g/mol. The maximum atomic E-state index is 5.72. The lowest BCUT2D eigenvalue weighted by atomic mass is 9.97. The van der Waals surface area contributed by atoms with Crippen molar-refractivity contribution in [3.05, 3.63) is 36.2 Å². The predicted molar refractivity (Wildman–Crippen MR) is 85.6 cm³/mol. The van der Waals surface area contributed by atoms with Crippen LogP contribution in [0.25, 0.3) is 0 Å². The number of nitrogen functional groups attached to an aromatic ring is 1. The normalized spacial score (nSPS) is 17.5. The lowest BCUT2D eigenvalue weighted by molar-refractivity contribution is 0.350. The van der Waals surface area contributed by atoms with E-state index in [0.717, 1.165) is 36.8 Å². The second kappa shape index (κ2) is 6.09. The molecule has 0 spiro atoms. The van der Waals surface area contributed by atoms with Crippen molar-refractivity contribution in [3.63, 3.8) is 0 Å². The summed E-state index contributed by atoms with van der Waals surface area (Å²) in [6, 6.07) is 6.01. The monoisotopic (exact) mass is 300 g/mol. The number of para-hydroxylation sites is 1. The molecule has 2 aromatic rings. The van der Waals surface area contributed by atoms with Crippen molar-refractivity contribution in [2.24, 2.45) is 0 Å². The van der Waals surface area contributed by atoms with Crippen molar-refractivity contribution in [2.45, 2.75) is 12.3 Å². The molecule has 0 aliphatic carbocycles. The van der Waals surface area contributed by atoms with Gasteiger partial charge in [-0.2, -0.15) is 0 Å². The van der Waals surface area contributed by atoms with Gasteiger partial charge in [-0.1, -0.05) is 12.1 Å². The molecule has 1 unspecified atom stereocenters. The minimum atomic E-state index is 0.369. The summed E-state index contributed by atoms with van der Waals surface area (Å²) >= 11 is 0. The summed E-state index contributed by atoms with van der Waals surface area (Å²) in [4.78, 5) is 10.7. The number of anilines is 2. The topological polar surface area (TPSA) is 73.5 Å². The Bertz CT molecular complexity index is 662. The molecular weight excluding hydrogens is 280 g/mol.